The molecule has 8 heteroatoms. The Morgan fingerprint density at radius 1 is 1.42 bits per heavy atom. The third-order valence-corrected chi connectivity index (χ3v) is 4.67. The molecular formula is C16H33IN4O2S. The number of carbonyl (C=O) groups excluding carboxylic acids is 1. The number of rotatable bonds is 3. The molecule has 0 bridgehead atoms. The van der Waals surface area contributed by atoms with Crippen molar-refractivity contribution < 1.29 is 9.53 Å². The van der Waals surface area contributed by atoms with Crippen molar-refractivity contribution in [1.29, 1.82) is 0 Å². The second-order valence-electron chi connectivity index (χ2n) is 7.41. The lowest BCUT2D eigenvalue weighted by atomic mass is 10.2. The number of carbonyl (C=O) groups is 1. The van der Waals surface area contributed by atoms with E-state index < -0.39 is 5.60 Å². The molecule has 1 saturated heterocycles. The molecule has 1 fully saturated rings. The van der Waals surface area contributed by atoms with Gasteiger partial charge < -0.3 is 19.9 Å². The number of hydrogen-bond donors (Lipinski definition) is 1. The molecule has 0 saturated carbocycles. The van der Waals surface area contributed by atoms with Crippen molar-refractivity contribution in [2.75, 3.05) is 46.0 Å². The predicted molar refractivity (Wildman–Crippen MR) is 114 cm³/mol. The van der Waals surface area contributed by atoms with E-state index in [1.165, 1.54) is 0 Å². The molecule has 1 aliphatic rings. The monoisotopic (exact) mass is 472 g/mol. The summed E-state index contributed by atoms with van der Waals surface area (Å²) < 4.78 is 5.58. The quantitative estimate of drug-likeness (QED) is 0.389. The molecule has 1 rings (SSSR count). The van der Waals surface area contributed by atoms with Crippen LogP contribution in [0.2, 0.25) is 0 Å². The summed E-state index contributed by atoms with van der Waals surface area (Å²) in [5.74, 6) is 2.00. The Balaban J connectivity index is 0.00000529. The van der Waals surface area contributed by atoms with Crippen LogP contribution in [-0.2, 0) is 4.74 Å². The normalized spacial score (nSPS) is 17.8. The minimum Gasteiger partial charge on any atom is -0.444 e. The average molecular weight is 472 g/mol. The van der Waals surface area contributed by atoms with E-state index in [1.54, 1.807) is 19.0 Å². The van der Waals surface area contributed by atoms with Crippen molar-refractivity contribution in [2.45, 2.75) is 45.0 Å². The fourth-order valence-electron chi connectivity index (χ4n) is 2.30. The summed E-state index contributed by atoms with van der Waals surface area (Å²) in [5.41, 5.74) is -0.466. The third-order valence-electron chi connectivity index (χ3n) is 3.37. The fraction of sp³-hybridized carbons (Fsp3) is 0.875. The molecule has 0 atom stereocenters. The van der Waals surface area contributed by atoms with Crippen molar-refractivity contribution in [3.05, 3.63) is 0 Å². The first-order valence-corrected chi connectivity index (χ1v) is 9.06. The number of guanidine groups is 1. The fourth-order valence-corrected chi connectivity index (χ4v) is 3.41. The van der Waals surface area contributed by atoms with Gasteiger partial charge in [-0.3, -0.25) is 4.99 Å². The molecule has 0 unspecified atom stereocenters. The van der Waals surface area contributed by atoms with Crippen molar-refractivity contribution in [2.24, 2.45) is 4.99 Å². The van der Waals surface area contributed by atoms with Crippen LogP contribution in [0.3, 0.4) is 0 Å². The molecule has 1 heterocycles. The number of hydrogen-bond acceptors (Lipinski definition) is 4. The number of nitrogens with one attached hydrogen (secondary N) is 1. The summed E-state index contributed by atoms with van der Waals surface area (Å²) >= 11 is 2.00. The number of aliphatic imine (C=N–C) groups is 1. The van der Waals surface area contributed by atoms with Crippen molar-refractivity contribution in [1.82, 2.24) is 15.1 Å². The number of halogens is 1. The van der Waals surface area contributed by atoms with E-state index in [-0.39, 0.29) is 34.8 Å². The van der Waals surface area contributed by atoms with Crippen LogP contribution in [0, 0.1) is 0 Å². The van der Waals surface area contributed by atoms with Crippen LogP contribution in [-0.4, -0.2) is 78.2 Å². The maximum atomic E-state index is 11.9. The van der Waals surface area contributed by atoms with E-state index in [9.17, 15) is 4.79 Å². The summed E-state index contributed by atoms with van der Waals surface area (Å²) in [6.07, 6.45) is -0.301. The maximum Gasteiger partial charge on any atom is 0.410 e. The number of nitrogens with zero attached hydrogens (tertiary/aromatic N) is 3. The highest BCUT2D eigenvalue weighted by Gasteiger charge is 2.28. The van der Waals surface area contributed by atoms with E-state index in [1.807, 2.05) is 32.5 Å². The standard InChI is InChI=1S/C16H32N4O2S.HI/c1-15(2,3)22-14(21)19(7)9-8-18-13(17-6)20-10-11-23-16(4,5)12-20;/h8-12H2,1-7H3,(H,17,18);1H. The van der Waals surface area contributed by atoms with Crippen LogP contribution in [0.4, 0.5) is 4.79 Å². The van der Waals surface area contributed by atoms with Gasteiger partial charge in [0.05, 0.1) is 0 Å². The summed E-state index contributed by atoms with van der Waals surface area (Å²) in [7, 11) is 3.55. The topological polar surface area (TPSA) is 57.2 Å². The SMILES string of the molecule is CN=C(NCCN(C)C(=O)OC(C)(C)C)N1CCSC(C)(C)C1.I. The van der Waals surface area contributed by atoms with Crippen LogP contribution < -0.4 is 5.32 Å². The Morgan fingerprint density at radius 3 is 2.54 bits per heavy atom. The van der Waals surface area contributed by atoms with Crippen LogP contribution >= 0.6 is 35.7 Å². The maximum absolute atomic E-state index is 11.9. The predicted octanol–water partition coefficient (Wildman–Crippen LogP) is 2.87. The van der Waals surface area contributed by atoms with Gasteiger partial charge in [-0.15, -0.1) is 24.0 Å². The minimum absolute atomic E-state index is 0. The molecule has 142 valence electrons. The summed E-state index contributed by atoms with van der Waals surface area (Å²) in [6, 6.07) is 0. The zero-order valence-electron chi connectivity index (χ0n) is 16.0. The number of thioether (sulfide) groups is 1. The average Bonchev–Trinajstić information content (AvgIpc) is 2.40. The van der Waals surface area contributed by atoms with Gasteiger partial charge in [-0.25, -0.2) is 4.79 Å². The van der Waals surface area contributed by atoms with E-state index in [0.29, 0.717) is 13.1 Å². The highest BCUT2D eigenvalue weighted by Crippen LogP contribution is 2.29. The molecule has 24 heavy (non-hydrogen) atoms. The lowest BCUT2D eigenvalue weighted by Gasteiger charge is -2.39. The van der Waals surface area contributed by atoms with Gasteiger partial charge in [0.2, 0.25) is 0 Å². The molecule has 0 aromatic carbocycles. The lowest BCUT2D eigenvalue weighted by Crippen LogP contribution is -2.52. The second-order valence-corrected chi connectivity index (χ2v) is 9.21. The van der Waals surface area contributed by atoms with Gasteiger partial charge in [0.1, 0.15) is 5.60 Å². The Labute approximate surface area is 168 Å². The largest absolute Gasteiger partial charge is 0.444 e. The molecule has 0 radical (unpaired) electrons. The van der Waals surface area contributed by atoms with Crippen molar-refractivity contribution in [3.8, 4) is 0 Å². The van der Waals surface area contributed by atoms with Gasteiger partial charge in [0.15, 0.2) is 5.96 Å². The van der Waals surface area contributed by atoms with E-state index >= 15 is 0 Å². The van der Waals surface area contributed by atoms with Crippen LogP contribution in [0.5, 0.6) is 0 Å². The highest BCUT2D eigenvalue weighted by atomic mass is 127. The molecule has 0 aromatic heterocycles. The van der Waals surface area contributed by atoms with Gasteiger partial charge in [-0.05, 0) is 34.6 Å². The first-order chi connectivity index (χ1) is 10.5. The Hall–Kier alpha value is -0.380. The zero-order chi connectivity index (χ0) is 17.7. The molecule has 0 aromatic rings. The molecule has 0 spiro atoms. The van der Waals surface area contributed by atoms with Crippen LogP contribution in [0.25, 0.3) is 0 Å². The Morgan fingerprint density at radius 2 is 2.04 bits per heavy atom. The van der Waals surface area contributed by atoms with E-state index in [0.717, 1.165) is 24.8 Å². The minimum atomic E-state index is -0.466. The lowest BCUT2D eigenvalue weighted by molar-refractivity contribution is 0.0302. The molecule has 1 amide bonds. The number of likely N-dealkylation sites (N-methyl/N-ethyl adjacent to an activating group) is 1. The number of amides is 1. The third kappa shape index (κ3) is 8.64. The molecular weight excluding hydrogens is 439 g/mol. The van der Waals surface area contributed by atoms with Crippen molar-refractivity contribution >= 4 is 47.8 Å². The smallest absolute Gasteiger partial charge is 0.410 e. The first-order valence-electron chi connectivity index (χ1n) is 8.08. The van der Waals surface area contributed by atoms with Gasteiger partial charge in [0, 0.05) is 50.8 Å². The van der Waals surface area contributed by atoms with Gasteiger partial charge >= 0.3 is 6.09 Å². The van der Waals surface area contributed by atoms with Crippen LogP contribution in [0.15, 0.2) is 4.99 Å². The molecule has 6 nitrogen and oxygen atoms in total. The summed E-state index contributed by atoms with van der Waals surface area (Å²) in [4.78, 5) is 20.2. The molecule has 0 aliphatic carbocycles. The summed E-state index contributed by atoms with van der Waals surface area (Å²) in [6.45, 7) is 13.3. The highest BCUT2D eigenvalue weighted by molar-refractivity contribution is 14.0. The van der Waals surface area contributed by atoms with Gasteiger partial charge in [0.25, 0.3) is 0 Å². The van der Waals surface area contributed by atoms with E-state index in [4.69, 9.17) is 4.74 Å². The van der Waals surface area contributed by atoms with Gasteiger partial charge in [-0.1, -0.05) is 0 Å². The van der Waals surface area contributed by atoms with Gasteiger partial charge in [-0.2, -0.15) is 11.8 Å². The number of ether oxygens (including phenoxy) is 1. The molecule has 1 aliphatic heterocycles. The van der Waals surface area contributed by atoms with E-state index in [2.05, 4.69) is 29.1 Å². The Bertz CT molecular complexity index is 438. The Kier molecular flexibility index (Phi) is 9.78. The summed E-state index contributed by atoms with van der Waals surface area (Å²) in [5, 5.41) is 3.34. The second kappa shape index (κ2) is 9.94. The first kappa shape index (κ1) is 23.6. The van der Waals surface area contributed by atoms with Crippen molar-refractivity contribution in [3.63, 3.8) is 0 Å². The molecule has 1 N–H and O–H groups in total. The zero-order valence-corrected chi connectivity index (χ0v) is 19.2. The van der Waals surface area contributed by atoms with Crippen LogP contribution in [0.1, 0.15) is 34.6 Å².